The second kappa shape index (κ2) is 4.72. The summed E-state index contributed by atoms with van der Waals surface area (Å²) >= 11 is 0. The van der Waals surface area contributed by atoms with E-state index in [0.717, 1.165) is 17.9 Å². The van der Waals surface area contributed by atoms with Crippen LogP contribution in [0.5, 0.6) is 5.75 Å². The van der Waals surface area contributed by atoms with Crippen LogP contribution >= 0.6 is 0 Å². The van der Waals surface area contributed by atoms with E-state index >= 15 is 0 Å². The standard InChI is InChI=1S/C10H16N2O/c1-3-8-7-9(13-4-2)5-6-10(8)12-11/h5-7,12H,3-4,11H2,1-2H3. The summed E-state index contributed by atoms with van der Waals surface area (Å²) in [6.07, 6.45) is 0.945. The zero-order valence-corrected chi connectivity index (χ0v) is 8.13. The second-order valence-electron chi connectivity index (χ2n) is 2.75. The highest BCUT2D eigenvalue weighted by Crippen LogP contribution is 2.21. The van der Waals surface area contributed by atoms with Crippen molar-refractivity contribution >= 4 is 5.69 Å². The van der Waals surface area contributed by atoms with Crippen molar-refractivity contribution in [3.63, 3.8) is 0 Å². The Bertz CT molecular complexity index is 274. The first-order valence-corrected chi connectivity index (χ1v) is 4.54. The van der Waals surface area contributed by atoms with Gasteiger partial charge in [-0.1, -0.05) is 6.92 Å². The van der Waals surface area contributed by atoms with Crippen molar-refractivity contribution in [2.24, 2.45) is 5.84 Å². The fourth-order valence-corrected chi connectivity index (χ4v) is 1.26. The molecule has 0 heterocycles. The number of aryl methyl sites for hydroxylation is 1. The van der Waals surface area contributed by atoms with Gasteiger partial charge >= 0.3 is 0 Å². The lowest BCUT2D eigenvalue weighted by atomic mass is 10.1. The van der Waals surface area contributed by atoms with E-state index in [4.69, 9.17) is 10.6 Å². The van der Waals surface area contributed by atoms with Gasteiger partial charge in [-0.15, -0.1) is 0 Å². The van der Waals surface area contributed by atoms with Crippen molar-refractivity contribution in [1.82, 2.24) is 0 Å². The number of benzene rings is 1. The monoisotopic (exact) mass is 180 g/mol. The minimum atomic E-state index is 0.693. The van der Waals surface area contributed by atoms with Gasteiger partial charge in [0, 0.05) is 0 Å². The molecule has 72 valence electrons. The quantitative estimate of drug-likeness (QED) is 0.550. The first-order valence-electron chi connectivity index (χ1n) is 4.54. The van der Waals surface area contributed by atoms with Crippen LogP contribution in [0.1, 0.15) is 19.4 Å². The highest BCUT2D eigenvalue weighted by molar-refractivity contribution is 5.53. The van der Waals surface area contributed by atoms with Crippen LogP contribution < -0.4 is 16.0 Å². The van der Waals surface area contributed by atoms with E-state index in [1.807, 2.05) is 25.1 Å². The average Bonchev–Trinajstić information content (AvgIpc) is 2.18. The van der Waals surface area contributed by atoms with Crippen molar-refractivity contribution in [3.8, 4) is 5.75 Å². The minimum Gasteiger partial charge on any atom is -0.494 e. The molecular weight excluding hydrogens is 164 g/mol. The fourth-order valence-electron chi connectivity index (χ4n) is 1.26. The van der Waals surface area contributed by atoms with Crippen LogP contribution in [0, 0.1) is 0 Å². The highest BCUT2D eigenvalue weighted by Gasteiger charge is 2.00. The summed E-state index contributed by atoms with van der Waals surface area (Å²) in [6, 6.07) is 5.86. The largest absolute Gasteiger partial charge is 0.494 e. The zero-order chi connectivity index (χ0) is 9.68. The lowest BCUT2D eigenvalue weighted by molar-refractivity contribution is 0.340. The molecule has 0 spiro atoms. The summed E-state index contributed by atoms with van der Waals surface area (Å²) < 4.78 is 5.38. The van der Waals surface area contributed by atoms with E-state index in [1.54, 1.807) is 0 Å². The number of nitrogen functional groups attached to an aromatic ring is 1. The number of nitrogens with one attached hydrogen (secondary N) is 1. The number of rotatable bonds is 4. The van der Waals surface area contributed by atoms with Crippen molar-refractivity contribution in [2.45, 2.75) is 20.3 Å². The average molecular weight is 180 g/mol. The van der Waals surface area contributed by atoms with Gasteiger partial charge in [0.2, 0.25) is 0 Å². The zero-order valence-electron chi connectivity index (χ0n) is 8.13. The Labute approximate surface area is 78.9 Å². The molecule has 1 aromatic carbocycles. The number of anilines is 1. The molecule has 0 bridgehead atoms. The van der Waals surface area contributed by atoms with Crippen LogP contribution in [-0.2, 0) is 6.42 Å². The summed E-state index contributed by atoms with van der Waals surface area (Å²) in [6.45, 7) is 4.76. The first kappa shape index (κ1) is 9.86. The maximum absolute atomic E-state index is 5.38. The van der Waals surface area contributed by atoms with Crippen LogP contribution in [0.2, 0.25) is 0 Å². The molecule has 0 aromatic heterocycles. The van der Waals surface area contributed by atoms with Crippen LogP contribution in [-0.4, -0.2) is 6.61 Å². The summed E-state index contributed by atoms with van der Waals surface area (Å²) in [5.41, 5.74) is 4.80. The molecular formula is C10H16N2O. The van der Waals surface area contributed by atoms with Gasteiger partial charge in [0.25, 0.3) is 0 Å². The normalized spacial score (nSPS) is 9.77. The van der Waals surface area contributed by atoms with E-state index in [9.17, 15) is 0 Å². The predicted molar refractivity (Wildman–Crippen MR) is 54.8 cm³/mol. The van der Waals surface area contributed by atoms with Gasteiger partial charge in [-0.25, -0.2) is 0 Å². The number of nitrogens with two attached hydrogens (primary N) is 1. The molecule has 1 rings (SSSR count). The SMILES string of the molecule is CCOc1ccc(NN)c(CC)c1. The number of ether oxygens (including phenoxy) is 1. The maximum Gasteiger partial charge on any atom is 0.119 e. The van der Waals surface area contributed by atoms with Crippen LogP contribution in [0.25, 0.3) is 0 Å². The Morgan fingerprint density at radius 1 is 1.38 bits per heavy atom. The molecule has 3 nitrogen and oxygen atoms in total. The summed E-state index contributed by atoms with van der Waals surface area (Å²) in [7, 11) is 0. The molecule has 3 heteroatoms. The fraction of sp³-hybridized carbons (Fsp3) is 0.400. The van der Waals surface area contributed by atoms with Crippen LogP contribution in [0.3, 0.4) is 0 Å². The molecule has 0 atom stereocenters. The lowest BCUT2D eigenvalue weighted by Crippen LogP contribution is -2.09. The summed E-state index contributed by atoms with van der Waals surface area (Å²) in [4.78, 5) is 0. The summed E-state index contributed by atoms with van der Waals surface area (Å²) in [5.74, 6) is 6.26. The molecule has 0 aliphatic carbocycles. The Morgan fingerprint density at radius 3 is 2.69 bits per heavy atom. The molecule has 0 aliphatic heterocycles. The van der Waals surface area contributed by atoms with E-state index in [2.05, 4.69) is 12.3 Å². The van der Waals surface area contributed by atoms with Crippen molar-refractivity contribution in [1.29, 1.82) is 0 Å². The molecule has 0 fully saturated rings. The number of hydrogen-bond acceptors (Lipinski definition) is 3. The summed E-state index contributed by atoms with van der Waals surface area (Å²) in [5, 5.41) is 0. The Hall–Kier alpha value is -1.22. The molecule has 3 N–H and O–H groups in total. The van der Waals surface area contributed by atoms with Crippen molar-refractivity contribution < 1.29 is 4.74 Å². The molecule has 0 aliphatic rings. The van der Waals surface area contributed by atoms with Gasteiger partial charge in [-0.2, -0.15) is 0 Å². The van der Waals surface area contributed by atoms with Gasteiger partial charge in [0.1, 0.15) is 5.75 Å². The van der Waals surface area contributed by atoms with E-state index in [1.165, 1.54) is 5.56 Å². The third kappa shape index (κ3) is 2.36. The van der Waals surface area contributed by atoms with Crippen molar-refractivity contribution in [2.75, 3.05) is 12.0 Å². The third-order valence-corrected chi connectivity index (χ3v) is 1.92. The molecule has 0 saturated carbocycles. The number of hydrazine groups is 1. The minimum absolute atomic E-state index is 0.693. The highest BCUT2D eigenvalue weighted by atomic mass is 16.5. The third-order valence-electron chi connectivity index (χ3n) is 1.92. The Kier molecular flexibility index (Phi) is 3.58. The molecule has 0 amide bonds. The number of hydrogen-bond donors (Lipinski definition) is 2. The Morgan fingerprint density at radius 2 is 2.15 bits per heavy atom. The van der Waals surface area contributed by atoms with Crippen LogP contribution in [0.4, 0.5) is 5.69 Å². The lowest BCUT2D eigenvalue weighted by Gasteiger charge is -2.09. The van der Waals surface area contributed by atoms with E-state index in [0.29, 0.717) is 6.61 Å². The van der Waals surface area contributed by atoms with Crippen molar-refractivity contribution in [3.05, 3.63) is 23.8 Å². The Balaban J connectivity index is 2.91. The molecule has 13 heavy (non-hydrogen) atoms. The first-order chi connectivity index (χ1) is 6.31. The molecule has 1 aromatic rings. The molecule has 0 unspecified atom stereocenters. The van der Waals surface area contributed by atoms with Gasteiger partial charge in [-0.05, 0) is 37.1 Å². The predicted octanol–water partition coefficient (Wildman–Crippen LogP) is 1.93. The van der Waals surface area contributed by atoms with Gasteiger partial charge in [0.15, 0.2) is 0 Å². The van der Waals surface area contributed by atoms with Crippen LogP contribution in [0.15, 0.2) is 18.2 Å². The maximum atomic E-state index is 5.38. The molecule has 0 saturated heterocycles. The smallest absolute Gasteiger partial charge is 0.119 e. The van der Waals surface area contributed by atoms with Gasteiger partial charge in [-0.3, -0.25) is 5.84 Å². The van der Waals surface area contributed by atoms with E-state index < -0.39 is 0 Å². The molecule has 0 radical (unpaired) electrons. The second-order valence-corrected chi connectivity index (χ2v) is 2.75. The topological polar surface area (TPSA) is 47.3 Å². The van der Waals surface area contributed by atoms with E-state index in [-0.39, 0.29) is 0 Å². The van der Waals surface area contributed by atoms with Gasteiger partial charge in [0.05, 0.1) is 12.3 Å². The van der Waals surface area contributed by atoms with Gasteiger partial charge < -0.3 is 10.2 Å².